The molecule has 0 bridgehead atoms. The van der Waals surface area contributed by atoms with Crippen LogP contribution in [0.25, 0.3) is 0 Å². The minimum atomic E-state index is -0.981. The highest BCUT2D eigenvalue weighted by molar-refractivity contribution is 5.96. The lowest BCUT2D eigenvalue weighted by molar-refractivity contribution is -0.136. The summed E-state index contributed by atoms with van der Waals surface area (Å²) in [6.07, 6.45) is -0.145. The number of ether oxygens (including phenoxy) is 2. The molecule has 0 radical (unpaired) electrons. The first-order valence-electron chi connectivity index (χ1n) is 8.56. The Morgan fingerprint density at radius 2 is 1.79 bits per heavy atom. The molecule has 3 N–H and O–H groups in total. The molecule has 28 heavy (non-hydrogen) atoms. The molecule has 0 unspecified atom stereocenters. The van der Waals surface area contributed by atoms with E-state index in [4.69, 9.17) is 14.6 Å². The molecule has 2 amide bonds. The van der Waals surface area contributed by atoms with Crippen LogP contribution in [0, 0.1) is 6.92 Å². The highest BCUT2D eigenvalue weighted by atomic mass is 16.5. The van der Waals surface area contributed by atoms with Gasteiger partial charge in [-0.15, -0.1) is 0 Å². The number of aryl methyl sites for hydroxylation is 1. The van der Waals surface area contributed by atoms with Crippen molar-refractivity contribution in [3.63, 3.8) is 0 Å². The molecule has 8 heteroatoms. The SMILES string of the molecule is COc1ccc(OCC(=O)Nc2ccc(C(=O)NCCC(=O)O)cc2)cc1C. The van der Waals surface area contributed by atoms with Crippen molar-refractivity contribution >= 4 is 23.5 Å². The predicted octanol–water partition coefficient (Wildman–Crippen LogP) is 2.23. The van der Waals surface area contributed by atoms with Gasteiger partial charge < -0.3 is 25.2 Å². The Labute approximate surface area is 162 Å². The summed E-state index contributed by atoms with van der Waals surface area (Å²) in [4.78, 5) is 34.3. The van der Waals surface area contributed by atoms with Crippen LogP contribution in [0.1, 0.15) is 22.3 Å². The van der Waals surface area contributed by atoms with Crippen LogP contribution >= 0.6 is 0 Å². The zero-order valence-corrected chi connectivity index (χ0v) is 15.7. The van der Waals surface area contributed by atoms with E-state index in [0.29, 0.717) is 17.0 Å². The van der Waals surface area contributed by atoms with E-state index >= 15 is 0 Å². The molecule has 8 nitrogen and oxygen atoms in total. The van der Waals surface area contributed by atoms with Gasteiger partial charge in [0, 0.05) is 17.8 Å². The normalized spacial score (nSPS) is 10.1. The van der Waals surface area contributed by atoms with Crippen molar-refractivity contribution in [1.82, 2.24) is 5.32 Å². The number of nitrogens with one attached hydrogen (secondary N) is 2. The second-order valence-corrected chi connectivity index (χ2v) is 5.95. The van der Waals surface area contributed by atoms with Crippen molar-refractivity contribution < 1.29 is 29.0 Å². The Balaban J connectivity index is 1.82. The van der Waals surface area contributed by atoms with Crippen LogP contribution in [-0.2, 0) is 9.59 Å². The summed E-state index contributed by atoms with van der Waals surface area (Å²) in [5.74, 6) is -0.402. The second-order valence-electron chi connectivity index (χ2n) is 5.95. The van der Waals surface area contributed by atoms with Gasteiger partial charge in [-0.05, 0) is 55.0 Å². The van der Waals surface area contributed by atoms with Crippen molar-refractivity contribution in [2.24, 2.45) is 0 Å². The van der Waals surface area contributed by atoms with Crippen LogP contribution in [-0.4, -0.2) is 43.2 Å². The number of hydrogen-bond acceptors (Lipinski definition) is 5. The van der Waals surface area contributed by atoms with E-state index in [2.05, 4.69) is 10.6 Å². The summed E-state index contributed by atoms with van der Waals surface area (Å²) < 4.78 is 10.6. The van der Waals surface area contributed by atoms with Gasteiger partial charge in [-0.25, -0.2) is 0 Å². The Bertz CT molecular complexity index is 848. The number of amides is 2. The smallest absolute Gasteiger partial charge is 0.305 e. The highest BCUT2D eigenvalue weighted by Gasteiger charge is 2.08. The minimum absolute atomic E-state index is 0.0504. The number of anilines is 1. The second kappa shape index (κ2) is 9.96. The first-order valence-corrected chi connectivity index (χ1v) is 8.56. The van der Waals surface area contributed by atoms with Crippen LogP contribution < -0.4 is 20.1 Å². The van der Waals surface area contributed by atoms with E-state index in [1.807, 2.05) is 6.92 Å². The summed E-state index contributed by atoms with van der Waals surface area (Å²) in [7, 11) is 1.58. The van der Waals surface area contributed by atoms with Gasteiger partial charge in [0.2, 0.25) is 0 Å². The van der Waals surface area contributed by atoms with E-state index in [1.165, 1.54) is 0 Å². The zero-order valence-electron chi connectivity index (χ0n) is 15.7. The van der Waals surface area contributed by atoms with Crippen LogP contribution in [0.2, 0.25) is 0 Å². The molecule has 2 aromatic carbocycles. The van der Waals surface area contributed by atoms with Crippen LogP contribution in [0.5, 0.6) is 11.5 Å². The van der Waals surface area contributed by atoms with E-state index in [0.717, 1.165) is 11.3 Å². The van der Waals surface area contributed by atoms with E-state index in [1.54, 1.807) is 49.6 Å². The molecule has 0 aliphatic rings. The third-order valence-corrected chi connectivity index (χ3v) is 3.79. The molecule has 0 aromatic heterocycles. The van der Waals surface area contributed by atoms with Gasteiger partial charge in [0.05, 0.1) is 13.5 Å². The average Bonchev–Trinajstić information content (AvgIpc) is 2.66. The average molecular weight is 386 g/mol. The van der Waals surface area contributed by atoms with Crippen LogP contribution in [0.4, 0.5) is 5.69 Å². The first-order chi connectivity index (χ1) is 13.4. The number of methoxy groups -OCH3 is 1. The maximum absolute atomic E-state index is 12.0. The molecule has 0 spiro atoms. The third kappa shape index (κ3) is 6.31. The standard InChI is InChI=1S/C20H22N2O6/c1-13-11-16(7-8-17(13)27-2)28-12-18(23)22-15-5-3-14(4-6-15)20(26)21-10-9-19(24)25/h3-8,11H,9-10,12H2,1-2H3,(H,21,26)(H,22,23)(H,24,25). The van der Waals surface area contributed by atoms with Gasteiger partial charge >= 0.3 is 5.97 Å². The van der Waals surface area contributed by atoms with Gasteiger partial charge in [0.15, 0.2) is 6.61 Å². The number of benzene rings is 2. The molecule has 0 fully saturated rings. The van der Waals surface area contributed by atoms with Crippen molar-refractivity contribution in [3.05, 3.63) is 53.6 Å². The number of carbonyl (C=O) groups is 3. The highest BCUT2D eigenvalue weighted by Crippen LogP contribution is 2.22. The van der Waals surface area contributed by atoms with Crippen LogP contribution in [0.15, 0.2) is 42.5 Å². The Hall–Kier alpha value is -3.55. The summed E-state index contributed by atoms with van der Waals surface area (Å²) in [6.45, 7) is 1.77. The molecule has 2 aromatic rings. The molecule has 0 saturated heterocycles. The third-order valence-electron chi connectivity index (χ3n) is 3.79. The molecule has 0 atom stereocenters. The Kier molecular flexibility index (Phi) is 7.38. The molecule has 0 saturated carbocycles. The molecule has 0 heterocycles. The molecule has 0 aliphatic heterocycles. The molecule has 0 aliphatic carbocycles. The largest absolute Gasteiger partial charge is 0.496 e. The lowest BCUT2D eigenvalue weighted by Crippen LogP contribution is -2.26. The molecule has 2 rings (SSSR count). The van der Waals surface area contributed by atoms with Crippen LogP contribution in [0.3, 0.4) is 0 Å². The topological polar surface area (TPSA) is 114 Å². The Morgan fingerprint density at radius 1 is 1.07 bits per heavy atom. The quantitative estimate of drug-likeness (QED) is 0.609. The van der Waals surface area contributed by atoms with E-state index in [-0.39, 0.29) is 31.4 Å². The van der Waals surface area contributed by atoms with Gasteiger partial charge in [-0.2, -0.15) is 0 Å². The van der Waals surface area contributed by atoms with Crippen molar-refractivity contribution in [1.29, 1.82) is 0 Å². The zero-order chi connectivity index (χ0) is 20.5. The Morgan fingerprint density at radius 3 is 2.39 bits per heavy atom. The summed E-state index contributed by atoms with van der Waals surface area (Å²) in [6, 6.07) is 11.5. The summed E-state index contributed by atoms with van der Waals surface area (Å²) >= 11 is 0. The molecule has 148 valence electrons. The lowest BCUT2D eigenvalue weighted by atomic mass is 10.2. The fourth-order valence-corrected chi connectivity index (χ4v) is 2.38. The maximum Gasteiger partial charge on any atom is 0.305 e. The number of carbonyl (C=O) groups excluding carboxylic acids is 2. The van der Waals surface area contributed by atoms with Gasteiger partial charge in [-0.3, -0.25) is 14.4 Å². The number of aliphatic carboxylic acids is 1. The maximum atomic E-state index is 12.0. The number of hydrogen-bond donors (Lipinski definition) is 3. The van der Waals surface area contributed by atoms with Crippen molar-refractivity contribution in [2.75, 3.05) is 25.6 Å². The lowest BCUT2D eigenvalue weighted by Gasteiger charge is -2.10. The predicted molar refractivity (Wildman–Crippen MR) is 103 cm³/mol. The van der Waals surface area contributed by atoms with Crippen molar-refractivity contribution in [2.45, 2.75) is 13.3 Å². The first kappa shape index (κ1) is 20.8. The minimum Gasteiger partial charge on any atom is -0.496 e. The number of carboxylic acids is 1. The summed E-state index contributed by atoms with van der Waals surface area (Å²) in [5, 5.41) is 13.7. The number of rotatable bonds is 9. The fourth-order valence-electron chi connectivity index (χ4n) is 2.38. The summed E-state index contributed by atoms with van der Waals surface area (Å²) in [5.41, 5.74) is 1.78. The van der Waals surface area contributed by atoms with E-state index < -0.39 is 5.97 Å². The van der Waals surface area contributed by atoms with Gasteiger partial charge in [0.1, 0.15) is 11.5 Å². The van der Waals surface area contributed by atoms with Gasteiger partial charge in [-0.1, -0.05) is 0 Å². The van der Waals surface area contributed by atoms with Gasteiger partial charge in [0.25, 0.3) is 11.8 Å². The number of carboxylic acid groups (broad SMARTS) is 1. The molecular weight excluding hydrogens is 364 g/mol. The van der Waals surface area contributed by atoms with E-state index in [9.17, 15) is 14.4 Å². The molecular formula is C20H22N2O6. The monoisotopic (exact) mass is 386 g/mol. The fraction of sp³-hybridized carbons (Fsp3) is 0.250. The van der Waals surface area contributed by atoms with Crippen molar-refractivity contribution in [3.8, 4) is 11.5 Å².